The van der Waals surface area contributed by atoms with Crippen molar-refractivity contribution in [1.82, 2.24) is 9.55 Å². The highest BCUT2D eigenvalue weighted by Crippen LogP contribution is 2.23. The van der Waals surface area contributed by atoms with Crippen LogP contribution in [0.15, 0.2) is 66.7 Å². The molecule has 0 unspecified atom stereocenters. The quantitative estimate of drug-likeness (QED) is 0.488. The van der Waals surface area contributed by atoms with Crippen LogP contribution in [0.4, 0.5) is 0 Å². The fourth-order valence-electron chi connectivity index (χ4n) is 3.21. The van der Waals surface area contributed by atoms with Crippen molar-refractivity contribution in [3.63, 3.8) is 0 Å². The third-order valence-corrected chi connectivity index (χ3v) is 4.37. The number of ether oxygens (including phenoxy) is 1. The first-order valence-corrected chi connectivity index (χ1v) is 8.76. The van der Waals surface area contributed by atoms with E-state index in [0.29, 0.717) is 12.5 Å². The Morgan fingerprint density at radius 3 is 2.52 bits per heavy atom. The van der Waals surface area contributed by atoms with Gasteiger partial charge >= 0.3 is 0 Å². The van der Waals surface area contributed by atoms with Crippen LogP contribution in [0.5, 0.6) is 5.75 Å². The second-order valence-electron chi connectivity index (χ2n) is 6.82. The van der Waals surface area contributed by atoms with E-state index in [1.54, 1.807) is 0 Å². The topological polar surface area (TPSA) is 27.1 Å². The highest BCUT2D eigenvalue weighted by molar-refractivity contribution is 5.83. The molecule has 0 radical (unpaired) electrons. The molecule has 0 N–H and O–H groups in total. The van der Waals surface area contributed by atoms with Gasteiger partial charge in [-0.1, -0.05) is 56.3 Å². The molecule has 0 amide bonds. The van der Waals surface area contributed by atoms with Crippen molar-refractivity contribution in [2.24, 2.45) is 5.92 Å². The van der Waals surface area contributed by atoms with Gasteiger partial charge in [0.05, 0.1) is 11.0 Å². The van der Waals surface area contributed by atoms with E-state index in [-0.39, 0.29) is 0 Å². The molecule has 0 saturated heterocycles. The molecule has 1 heterocycles. The maximum atomic E-state index is 6.07. The number of nitrogens with zero attached hydrogens (tertiary/aromatic N) is 2. The average molecular weight is 330 g/mol. The zero-order valence-electron chi connectivity index (χ0n) is 14.6. The van der Waals surface area contributed by atoms with E-state index < -0.39 is 0 Å². The van der Waals surface area contributed by atoms with E-state index in [2.05, 4.69) is 66.9 Å². The Balaban J connectivity index is 1.63. The molecule has 1 aromatic heterocycles. The zero-order chi connectivity index (χ0) is 17.2. The molecule has 126 valence electrons. The van der Waals surface area contributed by atoms with Gasteiger partial charge in [-0.15, -0.1) is 0 Å². The Labute approximate surface area is 147 Å². The zero-order valence-corrected chi connectivity index (χ0v) is 14.6. The van der Waals surface area contributed by atoms with E-state index in [1.165, 1.54) is 16.3 Å². The molecule has 0 aliphatic carbocycles. The van der Waals surface area contributed by atoms with E-state index in [9.17, 15) is 0 Å². The largest absolute Gasteiger partial charge is 0.486 e. The average Bonchev–Trinajstić information content (AvgIpc) is 2.97. The summed E-state index contributed by atoms with van der Waals surface area (Å²) in [5.74, 6) is 2.40. The van der Waals surface area contributed by atoms with Crippen LogP contribution < -0.4 is 4.74 Å². The summed E-state index contributed by atoms with van der Waals surface area (Å²) in [7, 11) is 0. The lowest BCUT2D eigenvalue weighted by Gasteiger charge is -2.13. The molecular weight excluding hydrogens is 308 g/mol. The standard InChI is InChI=1S/C22H22N2O/c1-16(2)14-24-21-10-6-5-9-20(21)23-22(24)15-25-19-12-11-17-7-3-4-8-18(17)13-19/h3-13,16H,14-15H2,1-2H3. The molecule has 25 heavy (non-hydrogen) atoms. The smallest absolute Gasteiger partial charge is 0.148 e. The van der Waals surface area contributed by atoms with Crippen LogP contribution in [0.3, 0.4) is 0 Å². The molecule has 0 fully saturated rings. The molecule has 0 atom stereocenters. The minimum absolute atomic E-state index is 0.472. The molecule has 0 bridgehead atoms. The van der Waals surface area contributed by atoms with Gasteiger partial charge < -0.3 is 9.30 Å². The molecule has 3 nitrogen and oxygen atoms in total. The lowest BCUT2D eigenvalue weighted by Crippen LogP contribution is -2.11. The molecular formula is C22H22N2O. The molecule has 0 aliphatic rings. The lowest BCUT2D eigenvalue weighted by atomic mass is 10.1. The van der Waals surface area contributed by atoms with Crippen LogP contribution in [-0.4, -0.2) is 9.55 Å². The maximum absolute atomic E-state index is 6.07. The number of para-hydroxylation sites is 2. The first-order chi connectivity index (χ1) is 12.2. The summed E-state index contributed by atoms with van der Waals surface area (Å²) in [5.41, 5.74) is 2.20. The van der Waals surface area contributed by atoms with Crippen molar-refractivity contribution in [3.05, 3.63) is 72.6 Å². The number of rotatable bonds is 5. The fourth-order valence-corrected chi connectivity index (χ4v) is 3.21. The van der Waals surface area contributed by atoms with Crippen molar-refractivity contribution in [2.45, 2.75) is 27.0 Å². The van der Waals surface area contributed by atoms with Crippen molar-refractivity contribution in [3.8, 4) is 5.75 Å². The van der Waals surface area contributed by atoms with Crippen LogP contribution in [0.1, 0.15) is 19.7 Å². The van der Waals surface area contributed by atoms with Crippen molar-refractivity contribution < 1.29 is 4.74 Å². The van der Waals surface area contributed by atoms with Crippen LogP contribution in [0.25, 0.3) is 21.8 Å². The van der Waals surface area contributed by atoms with Gasteiger partial charge in [0.1, 0.15) is 18.2 Å². The number of fused-ring (bicyclic) bond motifs is 2. The van der Waals surface area contributed by atoms with Crippen LogP contribution in [-0.2, 0) is 13.2 Å². The van der Waals surface area contributed by atoms with Gasteiger partial charge in [-0.2, -0.15) is 0 Å². The predicted octanol–water partition coefficient (Wildman–Crippen LogP) is 5.42. The summed E-state index contributed by atoms with van der Waals surface area (Å²) in [6.45, 7) is 5.86. The summed E-state index contributed by atoms with van der Waals surface area (Å²) in [4.78, 5) is 4.78. The van der Waals surface area contributed by atoms with Gasteiger partial charge in [0, 0.05) is 6.54 Å². The minimum atomic E-state index is 0.472. The van der Waals surface area contributed by atoms with Crippen LogP contribution >= 0.6 is 0 Å². The normalized spacial score (nSPS) is 11.5. The lowest BCUT2D eigenvalue weighted by molar-refractivity contribution is 0.288. The summed E-state index contributed by atoms with van der Waals surface area (Å²) < 4.78 is 8.35. The number of benzene rings is 3. The number of hydrogen-bond acceptors (Lipinski definition) is 2. The molecule has 0 spiro atoms. The number of hydrogen-bond donors (Lipinski definition) is 0. The molecule has 3 aromatic carbocycles. The van der Waals surface area contributed by atoms with Gasteiger partial charge in [0.25, 0.3) is 0 Å². The van der Waals surface area contributed by atoms with E-state index in [1.807, 2.05) is 18.2 Å². The molecule has 4 aromatic rings. The summed E-state index contributed by atoms with van der Waals surface area (Å²) in [5, 5.41) is 2.41. The molecule has 0 aliphatic heterocycles. The van der Waals surface area contributed by atoms with Gasteiger partial charge in [0.15, 0.2) is 0 Å². The van der Waals surface area contributed by atoms with Gasteiger partial charge in [-0.05, 0) is 41.0 Å². The first-order valence-electron chi connectivity index (χ1n) is 8.76. The molecule has 0 saturated carbocycles. The van der Waals surface area contributed by atoms with Crippen molar-refractivity contribution >= 4 is 21.8 Å². The Morgan fingerprint density at radius 2 is 1.68 bits per heavy atom. The summed E-state index contributed by atoms with van der Waals surface area (Å²) in [6.07, 6.45) is 0. The van der Waals surface area contributed by atoms with E-state index >= 15 is 0 Å². The predicted molar refractivity (Wildman–Crippen MR) is 103 cm³/mol. The summed E-state index contributed by atoms with van der Waals surface area (Å²) in [6, 6.07) is 22.8. The van der Waals surface area contributed by atoms with Crippen molar-refractivity contribution in [1.29, 1.82) is 0 Å². The van der Waals surface area contributed by atoms with E-state index in [4.69, 9.17) is 9.72 Å². The number of aromatic nitrogens is 2. The van der Waals surface area contributed by atoms with Gasteiger partial charge in [0.2, 0.25) is 0 Å². The minimum Gasteiger partial charge on any atom is -0.486 e. The van der Waals surface area contributed by atoms with E-state index in [0.717, 1.165) is 23.6 Å². The summed E-state index contributed by atoms with van der Waals surface area (Å²) >= 11 is 0. The third kappa shape index (κ3) is 3.22. The first kappa shape index (κ1) is 15.7. The van der Waals surface area contributed by atoms with Crippen LogP contribution in [0.2, 0.25) is 0 Å². The Morgan fingerprint density at radius 1 is 0.920 bits per heavy atom. The molecule has 4 rings (SSSR count). The van der Waals surface area contributed by atoms with Gasteiger partial charge in [-0.3, -0.25) is 0 Å². The maximum Gasteiger partial charge on any atom is 0.148 e. The van der Waals surface area contributed by atoms with Crippen molar-refractivity contribution in [2.75, 3.05) is 0 Å². The highest BCUT2D eigenvalue weighted by atomic mass is 16.5. The van der Waals surface area contributed by atoms with Crippen LogP contribution in [0, 0.1) is 5.92 Å². The second-order valence-corrected chi connectivity index (χ2v) is 6.82. The third-order valence-electron chi connectivity index (χ3n) is 4.37. The Bertz CT molecular complexity index is 1020. The highest BCUT2D eigenvalue weighted by Gasteiger charge is 2.12. The SMILES string of the molecule is CC(C)Cn1c(COc2ccc3ccccc3c2)nc2ccccc21. The monoisotopic (exact) mass is 330 g/mol. The van der Waals surface area contributed by atoms with Gasteiger partial charge in [-0.25, -0.2) is 4.98 Å². The Hall–Kier alpha value is -2.81. The Kier molecular flexibility index (Phi) is 4.14. The second kappa shape index (κ2) is 6.60. The molecule has 3 heteroatoms. The number of imidazole rings is 1. The fraction of sp³-hybridized carbons (Fsp3) is 0.227.